The first-order valence-electron chi connectivity index (χ1n) is 27.8. The van der Waals surface area contributed by atoms with Crippen LogP contribution in [0.25, 0.3) is 83.9 Å². The van der Waals surface area contributed by atoms with Gasteiger partial charge >= 0.3 is 0 Å². The number of para-hydroxylation sites is 1. The minimum atomic E-state index is -2.65. The lowest BCUT2D eigenvalue weighted by atomic mass is 9.78. The van der Waals surface area contributed by atoms with E-state index in [9.17, 15) is 10.6 Å². The first kappa shape index (κ1) is 32.6. The van der Waals surface area contributed by atoms with Crippen molar-refractivity contribution in [3.8, 4) is 78.6 Å². The van der Waals surface area contributed by atoms with Gasteiger partial charge in [0, 0.05) is 27.0 Å². The van der Waals surface area contributed by atoms with Crippen LogP contribution in [-0.4, -0.2) is 19.6 Å². The van der Waals surface area contributed by atoms with Crippen LogP contribution in [0.4, 0.5) is 0 Å². The van der Waals surface area contributed by atoms with E-state index in [0.717, 1.165) is 38.9 Å². The summed E-state index contributed by atoms with van der Waals surface area (Å²) in [6, 6.07) is 32.8. The molecule has 0 spiro atoms. The van der Waals surface area contributed by atoms with Gasteiger partial charge in [-0.1, -0.05) is 171 Å². The number of aryl methyl sites for hydroxylation is 2. The van der Waals surface area contributed by atoms with E-state index < -0.39 is 66.2 Å². The van der Waals surface area contributed by atoms with Gasteiger partial charge in [0.15, 0.2) is 0 Å². The quantitative estimate of drug-likeness (QED) is 0.174. The van der Waals surface area contributed by atoms with Crippen LogP contribution in [0, 0.1) is 13.8 Å². The molecule has 0 aliphatic rings. The van der Waals surface area contributed by atoms with Crippen LogP contribution in [0.1, 0.15) is 105 Å². The van der Waals surface area contributed by atoms with Crippen LogP contribution in [0.15, 0.2) is 164 Å². The first-order valence-corrected chi connectivity index (χ1v) is 22.3. The number of benzene rings is 7. The molecule has 0 aliphatic carbocycles. The molecular weight excluding hydrogens is 803 g/mol. The second kappa shape index (κ2) is 16.7. The average Bonchev–Trinajstić information content (AvgIpc) is 3.84. The third kappa shape index (κ3) is 8.37. The molecule has 0 amide bonds. The minimum Gasteiger partial charge on any atom is -0.507 e. The van der Waals surface area contributed by atoms with Gasteiger partial charge in [-0.3, -0.25) is 9.55 Å². The summed E-state index contributed by atoms with van der Waals surface area (Å²) in [6.07, 6.45) is -0.548. The lowest BCUT2D eigenvalue weighted by Crippen LogP contribution is -2.13. The van der Waals surface area contributed by atoms with E-state index in [2.05, 4.69) is 50.0 Å². The molecule has 330 valence electrons. The molecule has 2 heterocycles. The lowest BCUT2D eigenvalue weighted by Gasteiger charge is -2.26. The van der Waals surface area contributed by atoms with Gasteiger partial charge in [0.1, 0.15) is 11.6 Å². The maximum atomic E-state index is 12.4. The molecular formula is C62H61N3O. The fourth-order valence-electron chi connectivity index (χ4n) is 8.82. The summed E-state index contributed by atoms with van der Waals surface area (Å²) < 4.78 is 99.3. The lowest BCUT2D eigenvalue weighted by molar-refractivity contribution is 0.448. The van der Waals surface area contributed by atoms with Crippen molar-refractivity contribution in [3.05, 3.63) is 192 Å². The zero-order chi connectivity index (χ0) is 56.2. The van der Waals surface area contributed by atoms with E-state index in [1.807, 2.05) is 132 Å². The van der Waals surface area contributed by atoms with Gasteiger partial charge in [0.25, 0.3) is 0 Å². The standard InChI is InChI=1S/C62H61N3O/c1-39-32-50(58(66)52(33-39)62(9,10)11)59-64-57-49(45-35-46(37-47(36-45)60(3,4)5)53-38-43(30-31-63-53)41-20-14-12-15-21-41)25-19-27-55(57)65(59)54-29-28-44(34-40(54)2)56-48(42-22-16-13-17-23-42)24-18-26-51(56)61(6,7)8/h12-38,66H,1-11H3/i2D3,12D,14D,15D,20D,21D,30D,31D,38D. The van der Waals surface area contributed by atoms with E-state index in [1.165, 1.54) is 0 Å². The highest BCUT2D eigenvalue weighted by Gasteiger charge is 2.28. The van der Waals surface area contributed by atoms with Crippen molar-refractivity contribution in [2.24, 2.45) is 0 Å². The van der Waals surface area contributed by atoms with E-state index in [0.29, 0.717) is 50.4 Å². The average molecular weight is 875 g/mol. The molecule has 0 unspecified atom stereocenters. The molecule has 0 aliphatic heterocycles. The Balaban J connectivity index is 1.36. The number of nitrogens with zero attached hydrogens (tertiary/aromatic N) is 3. The SMILES string of the molecule is [2H]c1nc(-c2cc(-c3cccc4c3nc(-c3cc(C)cc(C(C)(C)C)c3O)n4-c3ccc(-c4c(-c5ccccc5)cccc4C(C)(C)C)cc3C([2H])([2H])[2H])cc(C(C)(C)C)c2)c([2H])c(-c2c([2H])c([2H])c([2H])c([2H])c2[2H])c1[2H]. The zero-order valence-electron chi connectivity index (χ0n) is 50.3. The van der Waals surface area contributed by atoms with Crippen molar-refractivity contribution in [1.82, 2.24) is 14.5 Å². The second-order valence-corrected chi connectivity index (χ2v) is 20.2. The number of hydrogen-bond acceptors (Lipinski definition) is 3. The molecule has 7 aromatic carbocycles. The van der Waals surface area contributed by atoms with E-state index in [4.69, 9.17) is 14.6 Å². The van der Waals surface area contributed by atoms with Gasteiger partial charge in [-0.2, -0.15) is 0 Å². The molecule has 2 aromatic heterocycles. The third-order valence-electron chi connectivity index (χ3n) is 12.2. The van der Waals surface area contributed by atoms with Crippen LogP contribution in [0.3, 0.4) is 0 Å². The Kier molecular flexibility index (Phi) is 8.27. The highest BCUT2D eigenvalue weighted by Crippen LogP contribution is 2.45. The number of imidazole rings is 1. The fourth-order valence-corrected chi connectivity index (χ4v) is 8.82. The molecule has 66 heavy (non-hydrogen) atoms. The number of pyridine rings is 1. The molecule has 0 bridgehead atoms. The van der Waals surface area contributed by atoms with Gasteiger partial charge in [0.2, 0.25) is 0 Å². The summed E-state index contributed by atoms with van der Waals surface area (Å²) in [5.41, 5.74) is 8.32. The topological polar surface area (TPSA) is 50.9 Å². The van der Waals surface area contributed by atoms with Crippen LogP contribution >= 0.6 is 0 Å². The zero-order valence-corrected chi connectivity index (χ0v) is 39.3. The number of phenols is 1. The maximum Gasteiger partial charge on any atom is 0.149 e. The van der Waals surface area contributed by atoms with Crippen LogP contribution in [0.5, 0.6) is 5.75 Å². The molecule has 0 saturated heterocycles. The van der Waals surface area contributed by atoms with Crippen LogP contribution in [0.2, 0.25) is 0 Å². The Morgan fingerprint density at radius 2 is 1.29 bits per heavy atom. The Morgan fingerprint density at radius 1 is 0.576 bits per heavy atom. The third-order valence-corrected chi connectivity index (χ3v) is 12.2. The smallest absolute Gasteiger partial charge is 0.149 e. The molecule has 9 aromatic rings. The van der Waals surface area contributed by atoms with Crippen LogP contribution in [-0.2, 0) is 16.2 Å². The summed E-state index contributed by atoms with van der Waals surface area (Å²) in [7, 11) is 0. The molecule has 1 N–H and O–H groups in total. The molecule has 0 atom stereocenters. The molecule has 4 nitrogen and oxygen atoms in total. The van der Waals surface area contributed by atoms with E-state index in [-0.39, 0.29) is 33.5 Å². The fraction of sp³-hybridized carbons (Fsp3) is 0.226. The molecule has 0 saturated carbocycles. The largest absolute Gasteiger partial charge is 0.507 e. The summed E-state index contributed by atoms with van der Waals surface area (Å²) in [5.74, 6) is 0.304. The number of rotatable bonds is 7. The van der Waals surface area contributed by atoms with Gasteiger partial charge in [0.05, 0.1) is 38.9 Å². The maximum absolute atomic E-state index is 12.4. The minimum absolute atomic E-state index is 0.00453. The predicted molar refractivity (Wildman–Crippen MR) is 279 cm³/mol. The first-order chi connectivity index (χ1) is 35.9. The van der Waals surface area contributed by atoms with Gasteiger partial charge in [-0.05, 0) is 140 Å². The number of aromatic hydroxyl groups is 1. The van der Waals surface area contributed by atoms with Gasteiger partial charge < -0.3 is 5.11 Å². The predicted octanol–water partition coefficient (Wildman–Crippen LogP) is 16.6. The normalized spacial score (nSPS) is 14.8. The second-order valence-electron chi connectivity index (χ2n) is 20.2. The van der Waals surface area contributed by atoms with Crippen molar-refractivity contribution in [2.75, 3.05) is 0 Å². The molecule has 0 fully saturated rings. The molecule has 0 radical (unpaired) electrons. The Hall–Kier alpha value is -7.04. The summed E-state index contributed by atoms with van der Waals surface area (Å²) in [4.78, 5) is 9.87. The monoisotopic (exact) mass is 875 g/mol. The molecule has 9 rings (SSSR count). The van der Waals surface area contributed by atoms with Crippen molar-refractivity contribution in [2.45, 2.75) is 92.3 Å². The van der Waals surface area contributed by atoms with Crippen molar-refractivity contribution in [3.63, 3.8) is 0 Å². The Bertz CT molecular complexity index is 3830. The van der Waals surface area contributed by atoms with Crippen molar-refractivity contribution < 1.29 is 20.2 Å². The summed E-state index contributed by atoms with van der Waals surface area (Å²) in [5, 5.41) is 12.4. The van der Waals surface area contributed by atoms with Crippen LogP contribution < -0.4 is 0 Å². The summed E-state index contributed by atoms with van der Waals surface area (Å²) >= 11 is 0. The van der Waals surface area contributed by atoms with Crippen molar-refractivity contribution >= 4 is 11.0 Å². The highest BCUT2D eigenvalue weighted by atomic mass is 16.3. The van der Waals surface area contributed by atoms with Gasteiger partial charge in [-0.15, -0.1) is 0 Å². The van der Waals surface area contributed by atoms with E-state index in [1.54, 1.807) is 12.1 Å². The van der Waals surface area contributed by atoms with Crippen molar-refractivity contribution in [1.29, 1.82) is 0 Å². The summed E-state index contributed by atoms with van der Waals surface area (Å²) in [6.45, 7) is 17.8. The highest BCUT2D eigenvalue weighted by molar-refractivity contribution is 5.97. The number of phenolic OH excluding ortho intramolecular Hbond substituents is 1. The van der Waals surface area contributed by atoms with Gasteiger partial charge in [-0.25, -0.2) is 4.98 Å². The Labute approximate surface area is 407 Å². The Morgan fingerprint density at radius 3 is 2.00 bits per heavy atom. The van der Waals surface area contributed by atoms with E-state index >= 15 is 0 Å². The number of aromatic nitrogens is 3. The number of hydrogen-bond donors (Lipinski definition) is 1. The molecule has 4 heteroatoms. The number of fused-ring (bicyclic) bond motifs is 1.